The summed E-state index contributed by atoms with van der Waals surface area (Å²) in [6.45, 7) is 5.30. The SMILES string of the molecule is Cc1ccc2nc(-c3cccs3)cc(C(=O)Nc3ccc(N4CCOCC4)cc3)c2c1. The number of anilines is 2. The van der Waals surface area contributed by atoms with Crippen LogP contribution in [0.4, 0.5) is 11.4 Å². The summed E-state index contributed by atoms with van der Waals surface area (Å²) < 4.78 is 5.42. The molecule has 0 aliphatic carbocycles. The van der Waals surface area contributed by atoms with Crippen LogP contribution in [0.2, 0.25) is 0 Å². The molecule has 1 fully saturated rings. The normalized spacial score (nSPS) is 14.0. The zero-order valence-corrected chi connectivity index (χ0v) is 18.1. The summed E-state index contributed by atoms with van der Waals surface area (Å²) in [5.41, 5.74) is 5.29. The van der Waals surface area contributed by atoms with E-state index < -0.39 is 0 Å². The first-order chi connectivity index (χ1) is 15.2. The highest BCUT2D eigenvalue weighted by Gasteiger charge is 2.16. The van der Waals surface area contributed by atoms with Crippen molar-refractivity contribution in [2.45, 2.75) is 6.92 Å². The topological polar surface area (TPSA) is 54.5 Å². The standard InChI is InChI=1S/C25H23N3O2S/c1-17-4-9-22-20(15-17)21(16-23(27-22)24-3-2-14-31-24)25(29)26-18-5-7-19(8-6-18)28-10-12-30-13-11-28/h2-9,14-16H,10-13H2,1H3,(H,26,29). The van der Waals surface area contributed by atoms with Crippen LogP contribution in [0.5, 0.6) is 0 Å². The first kappa shape index (κ1) is 19.7. The molecule has 1 aliphatic rings. The number of thiophene rings is 1. The van der Waals surface area contributed by atoms with E-state index in [0.29, 0.717) is 5.56 Å². The summed E-state index contributed by atoms with van der Waals surface area (Å²) in [4.78, 5) is 21.4. The van der Waals surface area contributed by atoms with Crippen molar-refractivity contribution in [1.82, 2.24) is 4.98 Å². The van der Waals surface area contributed by atoms with Crippen LogP contribution in [0.15, 0.2) is 66.0 Å². The minimum atomic E-state index is -0.130. The maximum atomic E-state index is 13.3. The zero-order chi connectivity index (χ0) is 21.2. The van der Waals surface area contributed by atoms with Gasteiger partial charge in [0.2, 0.25) is 0 Å². The Morgan fingerprint density at radius 2 is 1.87 bits per heavy atom. The molecule has 1 saturated heterocycles. The number of ether oxygens (including phenoxy) is 1. The molecule has 4 aromatic rings. The number of aromatic nitrogens is 1. The maximum Gasteiger partial charge on any atom is 0.256 e. The third-order valence-corrected chi connectivity index (χ3v) is 6.38. The molecule has 0 saturated carbocycles. The van der Waals surface area contributed by atoms with Gasteiger partial charge in [-0.15, -0.1) is 11.3 Å². The second-order valence-electron chi connectivity index (χ2n) is 7.65. The summed E-state index contributed by atoms with van der Waals surface area (Å²) in [6.07, 6.45) is 0. The van der Waals surface area contributed by atoms with E-state index in [4.69, 9.17) is 9.72 Å². The fraction of sp³-hybridized carbons (Fsp3) is 0.200. The first-order valence-corrected chi connectivity index (χ1v) is 11.2. The lowest BCUT2D eigenvalue weighted by atomic mass is 10.0. The Balaban J connectivity index is 1.45. The van der Waals surface area contributed by atoms with Crippen molar-refractivity contribution < 1.29 is 9.53 Å². The molecule has 2 aromatic heterocycles. The lowest BCUT2D eigenvalue weighted by molar-refractivity contribution is 0.102. The van der Waals surface area contributed by atoms with Gasteiger partial charge in [-0.2, -0.15) is 0 Å². The Morgan fingerprint density at radius 3 is 2.61 bits per heavy atom. The fourth-order valence-corrected chi connectivity index (χ4v) is 4.54. The van der Waals surface area contributed by atoms with E-state index in [1.54, 1.807) is 11.3 Å². The Morgan fingerprint density at radius 1 is 1.06 bits per heavy atom. The molecule has 156 valence electrons. The van der Waals surface area contributed by atoms with Crippen molar-refractivity contribution in [3.05, 3.63) is 77.2 Å². The lowest BCUT2D eigenvalue weighted by Crippen LogP contribution is -2.36. The van der Waals surface area contributed by atoms with E-state index in [1.807, 2.05) is 73.0 Å². The number of aryl methyl sites for hydroxylation is 1. The number of carbonyl (C=O) groups is 1. The van der Waals surface area contributed by atoms with Gasteiger partial charge in [-0.25, -0.2) is 4.98 Å². The van der Waals surface area contributed by atoms with E-state index in [1.165, 1.54) is 0 Å². The van der Waals surface area contributed by atoms with Gasteiger partial charge in [0.15, 0.2) is 0 Å². The number of hydrogen-bond donors (Lipinski definition) is 1. The van der Waals surface area contributed by atoms with Crippen molar-refractivity contribution in [1.29, 1.82) is 0 Å². The number of rotatable bonds is 4. The highest BCUT2D eigenvalue weighted by molar-refractivity contribution is 7.13. The van der Waals surface area contributed by atoms with E-state index >= 15 is 0 Å². The van der Waals surface area contributed by atoms with Crippen molar-refractivity contribution in [3.63, 3.8) is 0 Å². The molecule has 3 heterocycles. The Bertz CT molecular complexity index is 1210. The van der Waals surface area contributed by atoms with Crippen molar-refractivity contribution in [3.8, 4) is 10.6 Å². The molecule has 0 bridgehead atoms. The van der Waals surface area contributed by atoms with E-state index in [0.717, 1.165) is 64.7 Å². The average molecular weight is 430 g/mol. The van der Waals surface area contributed by atoms with Crippen molar-refractivity contribution in [2.75, 3.05) is 36.5 Å². The van der Waals surface area contributed by atoms with Gasteiger partial charge >= 0.3 is 0 Å². The molecule has 1 N–H and O–H groups in total. The highest BCUT2D eigenvalue weighted by atomic mass is 32.1. The fourth-order valence-electron chi connectivity index (χ4n) is 3.85. The predicted octanol–water partition coefficient (Wildman–Crippen LogP) is 5.36. The number of amides is 1. The smallest absolute Gasteiger partial charge is 0.256 e. The Kier molecular flexibility index (Phi) is 5.40. The summed E-state index contributed by atoms with van der Waals surface area (Å²) in [7, 11) is 0. The largest absolute Gasteiger partial charge is 0.378 e. The number of benzene rings is 2. The summed E-state index contributed by atoms with van der Waals surface area (Å²) in [5.74, 6) is -0.130. The number of hydrogen-bond acceptors (Lipinski definition) is 5. The van der Waals surface area contributed by atoms with Crippen LogP contribution in [-0.4, -0.2) is 37.2 Å². The Hall–Kier alpha value is -3.22. The minimum absolute atomic E-state index is 0.130. The average Bonchev–Trinajstić information content (AvgIpc) is 3.34. The lowest BCUT2D eigenvalue weighted by Gasteiger charge is -2.28. The van der Waals surface area contributed by atoms with Crippen LogP contribution >= 0.6 is 11.3 Å². The van der Waals surface area contributed by atoms with Gasteiger partial charge in [-0.1, -0.05) is 17.7 Å². The molecular weight excluding hydrogens is 406 g/mol. The van der Waals surface area contributed by atoms with Crippen LogP contribution in [0.1, 0.15) is 15.9 Å². The molecule has 2 aromatic carbocycles. The van der Waals surface area contributed by atoms with Gasteiger partial charge in [0.25, 0.3) is 5.91 Å². The van der Waals surface area contributed by atoms with Crippen LogP contribution in [0, 0.1) is 6.92 Å². The number of nitrogens with one attached hydrogen (secondary N) is 1. The second-order valence-corrected chi connectivity index (χ2v) is 8.60. The van der Waals surface area contributed by atoms with Gasteiger partial charge in [0, 0.05) is 29.9 Å². The third-order valence-electron chi connectivity index (χ3n) is 5.48. The Labute approximate surface area is 185 Å². The van der Waals surface area contributed by atoms with Gasteiger partial charge in [0.05, 0.1) is 34.9 Å². The molecule has 0 radical (unpaired) electrons. The van der Waals surface area contributed by atoms with Gasteiger partial charge in [-0.05, 0) is 60.8 Å². The minimum Gasteiger partial charge on any atom is -0.378 e. The number of nitrogens with zero attached hydrogens (tertiary/aromatic N) is 2. The molecule has 5 rings (SSSR count). The molecule has 5 nitrogen and oxygen atoms in total. The molecule has 0 spiro atoms. The molecule has 0 unspecified atom stereocenters. The van der Waals surface area contributed by atoms with Crippen LogP contribution in [0.25, 0.3) is 21.5 Å². The number of fused-ring (bicyclic) bond motifs is 1. The number of pyridine rings is 1. The number of carbonyl (C=O) groups excluding carboxylic acids is 1. The number of morpholine rings is 1. The van der Waals surface area contributed by atoms with Crippen LogP contribution < -0.4 is 10.2 Å². The highest BCUT2D eigenvalue weighted by Crippen LogP contribution is 2.29. The monoisotopic (exact) mass is 429 g/mol. The molecule has 1 aliphatic heterocycles. The van der Waals surface area contributed by atoms with Crippen molar-refractivity contribution in [2.24, 2.45) is 0 Å². The summed E-state index contributed by atoms with van der Waals surface area (Å²) in [5, 5.41) is 5.95. The third kappa shape index (κ3) is 4.17. The molecular formula is C25H23N3O2S. The summed E-state index contributed by atoms with van der Waals surface area (Å²) in [6, 6.07) is 20.0. The predicted molar refractivity (Wildman–Crippen MR) is 127 cm³/mol. The molecule has 1 amide bonds. The van der Waals surface area contributed by atoms with E-state index in [-0.39, 0.29) is 5.91 Å². The van der Waals surface area contributed by atoms with Crippen molar-refractivity contribution >= 4 is 39.5 Å². The second kappa shape index (κ2) is 8.49. The van der Waals surface area contributed by atoms with Crippen LogP contribution in [0.3, 0.4) is 0 Å². The molecule has 31 heavy (non-hydrogen) atoms. The van der Waals surface area contributed by atoms with Gasteiger partial charge in [0.1, 0.15) is 0 Å². The molecule has 0 atom stereocenters. The van der Waals surface area contributed by atoms with E-state index in [2.05, 4.69) is 10.2 Å². The maximum absolute atomic E-state index is 13.3. The quantitative estimate of drug-likeness (QED) is 0.474. The van der Waals surface area contributed by atoms with Gasteiger partial charge in [-0.3, -0.25) is 4.79 Å². The summed E-state index contributed by atoms with van der Waals surface area (Å²) >= 11 is 1.62. The van der Waals surface area contributed by atoms with E-state index in [9.17, 15) is 4.79 Å². The zero-order valence-electron chi connectivity index (χ0n) is 17.3. The molecule has 6 heteroatoms. The first-order valence-electron chi connectivity index (χ1n) is 10.4. The van der Waals surface area contributed by atoms with Crippen LogP contribution in [-0.2, 0) is 4.74 Å². The van der Waals surface area contributed by atoms with Gasteiger partial charge < -0.3 is 15.0 Å².